The Morgan fingerprint density at radius 2 is 1.48 bits per heavy atom. The molecule has 2 aromatic rings. The molecule has 0 aromatic heterocycles. The monoisotopic (exact) mass is 314 g/mol. The van der Waals surface area contributed by atoms with Crippen molar-refractivity contribution >= 4 is 0 Å². The van der Waals surface area contributed by atoms with Gasteiger partial charge in [-0.05, 0) is 41.7 Å². The number of rotatable bonds is 5. The molecule has 1 aliphatic rings. The van der Waals surface area contributed by atoms with Crippen molar-refractivity contribution in [3.05, 3.63) is 59.9 Å². The Morgan fingerprint density at radius 3 is 2.04 bits per heavy atom. The van der Waals surface area contributed by atoms with Gasteiger partial charge in [0.25, 0.3) is 0 Å². The highest BCUT2D eigenvalue weighted by Gasteiger charge is 2.20. The van der Waals surface area contributed by atoms with Crippen molar-refractivity contribution in [2.45, 2.75) is 32.5 Å². The van der Waals surface area contributed by atoms with Crippen LogP contribution in [0.3, 0.4) is 0 Å². The van der Waals surface area contributed by atoms with E-state index in [1.165, 1.54) is 17.7 Å². The molecule has 0 spiro atoms. The van der Waals surface area contributed by atoms with Gasteiger partial charge in [0.2, 0.25) is 0 Å². The summed E-state index contributed by atoms with van der Waals surface area (Å²) in [7, 11) is 0. The minimum atomic E-state index is -0.205. The summed E-state index contributed by atoms with van der Waals surface area (Å²) in [4.78, 5) is 0. The van der Waals surface area contributed by atoms with Crippen molar-refractivity contribution in [3.63, 3.8) is 0 Å². The summed E-state index contributed by atoms with van der Waals surface area (Å²) >= 11 is 0. The van der Waals surface area contributed by atoms with Crippen molar-refractivity contribution in [2.24, 2.45) is 5.92 Å². The molecular weight excluding hydrogens is 291 g/mol. The third-order valence-electron chi connectivity index (χ3n) is 4.41. The van der Waals surface area contributed by atoms with Crippen LogP contribution in [0.5, 0.6) is 0 Å². The van der Waals surface area contributed by atoms with E-state index >= 15 is 0 Å². The summed E-state index contributed by atoms with van der Waals surface area (Å²) in [6, 6.07) is 15.0. The number of hydrogen-bond donors (Lipinski definition) is 0. The first-order valence-electron chi connectivity index (χ1n) is 8.32. The summed E-state index contributed by atoms with van der Waals surface area (Å²) in [5.41, 5.74) is 3.40. The lowest BCUT2D eigenvalue weighted by atomic mass is 10.0. The van der Waals surface area contributed by atoms with Crippen molar-refractivity contribution in [1.29, 1.82) is 0 Å². The number of benzene rings is 2. The van der Waals surface area contributed by atoms with Crippen LogP contribution in [0.15, 0.2) is 48.5 Å². The van der Waals surface area contributed by atoms with Gasteiger partial charge in [0.1, 0.15) is 5.82 Å². The number of aryl methyl sites for hydroxylation is 1. The van der Waals surface area contributed by atoms with Crippen LogP contribution in [-0.2, 0) is 15.9 Å². The van der Waals surface area contributed by atoms with Crippen molar-refractivity contribution in [2.75, 3.05) is 13.2 Å². The molecule has 3 heteroatoms. The van der Waals surface area contributed by atoms with Crippen LogP contribution in [0.25, 0.3) is 11.1 Å². The highest BCUT2D eigenvalue weighted by molar-refractivity contribution is 5.63. The summed E-state index contributed by atoms with van der Waals surface area (Å²) in [6.45, 7) is 3.79. The van der Waals surface area contributed by atoms with Crippen LogP contribution in [0.4, 0.5) is 4.39 Å². The van der Waals surface area contributed by atoms with E-state index in [1.54, 1.807) is 12.1 Å². The van der Waals surface area contributed by atoms with Gasteiger partial charge in [-0.3, -0.25) is 0 Å². The molecule has 0 unspecified atom stereocenters. The molecule has 3 rings (SSSR count). The Balaban J connectivity index is 1.53. The molecule has 0 saturated carbocycles. The third kappa shape index (κ3) is 4.40. The average molecular weight is 314 g/mol. The summed E-state index contributed by atoms with van der Waals surface area (Å²) in [5, 5.41) is 0. The lowest BCUT2D eigenvalue weighted by molar-refractivity contribution is -0.202. The number of ether oxygens (including phenoxy) is 2. The van der Waals surface area contributed by atoms with E-state index in [4.69, 9.17) is 9.47 Å². The maximum atomic E-state index is 13.0. The van der Waals surface area contributed by atoms with Crippen LogP contribution < -0.4 is 0 Å². The van der Waals surface area contributed by atoms with E-state index in [0.717, 1.165) is 43.6 Å². The molecule has 0 aliphatic carbocycles. The van der Waals surface area contributed by atoms with Gasteiger partial charge in [-0.25, -0.2) is 4.39 Å². The summed E-state index contributed by atoms with van der Waals surface area (Å²) in [6.07, 6.45) is 2.85. The molecular formula is C20H23FO2. The van der Waals surface area contributed by atoms with E-state index < -0.39 is 0 Å². The van der Waals surface area contributed by atoms with Gasteiger partial charge in [-0.1, -0.05) is 43.3 Å². The smallest absolute Gasteiger partial charge is 0.157 e. The number of halogens is 1. The fourth-order valence-electron chi connectivity index (χ4n) is 2.78. The van der Waals surface area contributed by atoms with Gasteiger partial charge in [0.15, 0.2) is 6.29 Å². The average Bonchev–Trinajstić information content (AvgIpc) is 2.61. The molecule has 2 nitrogen and oxygen atoms in total. The van der Waals surface area contributed by atoms with Gasteiger partial charge in [0.05, 0.1) is 13.2 Å². The van der Waals surface area contributed by atoms with E-state index in [9.17, 15) is 4.39 Å². The molecule has 0 amide bonds. The molecule has 0 atom stereocenters. The maximum Gasteiger partial charge on any atom is 0.157 e. The predicted octanol–water partition coefficient (Wildman–Crippen LogP) is 4.82. The van der Waals surface area contributed by atoms with Crippen LogP contribution in [0.2, 0.25) is 0 Å². The fourth-order valence-corrected chi connectivity index (χ4v) is 2.78. The Labute approximate surface area is 137 Å². The zero-order valence-corrected chi connectivity index (χ0v) is 13.5. The minimum absolute atomic E-state index is 0.0745. The van der Waals surface area contributed by atoms with Crippen LogP contribution in [-0.4, -0.2) is 19.5 Å². The van der Waals surface area contributed by atoms with Crippen LogP contribution in [0, 0.1) is 11.7 Å². The summed E-state index contributed by atoms with van der Waals surface area (Å²) < 4.78 is 24.5. The first kappa shape index (κ1) is 16.2. The van der Waals surface area contributed by atoms with E-state index in [2.05, 4.69) is 31.2 Å². The predicted molar refractivity (Wildman–Crippen MR) is 89.6 cm³/mol. The highest BCUT2D eigenvalue weighted by atomic mass is 19.1. The van der Waals surface area contributed by atoms with Gasteiger partial charge in [-0.15, -0.1) is 0 Å². The minimum Gasteiger partial charge on any atom is -0.352 e. The molecule has 2 aromatic carbocycles. The van der Waals surface area contributed by atoms with Crippen molar-refractivity contribution in [3.8, 4) is 11.1 Å². The molecule has 0 radical (unpaired) electrons. The van der Waals surface area contributed by atoms with Crippen LogP contribution >= 0.6 is 0 Å². The first-order valence-corrected chi connectivity index (χ1v) is 8.32. The summed E-state index contributed by atoms with van der Waals surface area (Å²) in [5.74, 6) is 0.337. The molecule has 1 aliphatic heterocycles. The van der Waals surface area contributed by atoms with Crippen molar-refractivity contribution < 1.29 is 13.9 Å². The zero-order chi connectivity index (χ0) is 16.1. The molecule has 23 heavy (non-hydrogen) atoms. The van der Waals surface area contributed by atoms with Gasteiger partial charge >= 0.3 is 0 Å². The van der Waals surface area contributed by atoms with Gasteiger partial charge in [-0.2, -0.15) is 0 Å². The quantitative estimate of drug-likeness (QED) is 0.787. The molecule has 0 N–H and O–H groups in total. The first-order chi connectivity index (χ1) is 11.2. The fraction of sp³-hybridized carbons (Fsp3) is 0.400. The van der Waals surface area contributed by atoms with Crippen molar-refractivity contribution in [1.82, 2.24) is 0 Å². The lowest BCUT2D eigenvalue weighted by Gasteiger charge is -2.28. The highest BCUT2D eigenvalue weighted by Crippen LogP contribution is 2.22. The molecule has 1 fully saturated rings. The maximum absolute atomic E-state index is 13.0. The standard InChI is InChI=1S/C20H23FO2/c1-2-15-13-22-20(23-14-15)12-5-16-3-6-17(7-4-16)18-8-10-19(21)11-9-18/h3-4,6-11,15,20H,2,5,12-14H2,1H3. The molecule has 1 saturated heterocycles. The van der Waals surface area contributed by atoms with Crippen LogP contribution in [0.1, 0.15) is 25.3 Å². The molecule has 122 valence electrons. The zero-order valence-electron chi connectivity index (χ0n) is 13.5. The normalized spacial score (nSPS) is 21.3. The molecule has 1 heterocycles. The Bertz CT molecular complexity index is 599. The van der Waals surface area contributed by atoms with Gasteiger partial charge < -0.3 is 9.47 Å². The van der Waals surface area contributed by atoms with E-state index in [-0.39, 0.29) is 12.1 Å². The van der Waals surface area contributed by atoms with E-state index in [0.29, 0.717) is 5.92 Å². The SMILES string of the molecule is CCC1COC(CCc2ccc(-c3ccc(F)cc3)cc2)OC1. The lowest BCUT2D eigenvalue weighted by Crippen LogP contribution is -2.32. The topological polar surface area (TPSA) is 18.5 Å². The Morgan fingerprint density at radius 1 is 0.913 bits per heavy atom. The van der Waals surface area contributed by atoms with Gasteiger partial charge in [0, 0.05) is 12.3 Å². The third-order valence-corrected chi connectivity index (χ3v) is 4.41. The second-order valence-corrected chi connectivity index (χ2v) is 6.11. The Hall–Kier alpha value is -1.71. The second kappa shape index (κ2) is 7.71. The second-order valence-electron chi connectivity index (χ2n) is 6.11. The molecule has 0 bridgehead atoms. The van der Waals surface area contributed by atoms with E-state index in [1.807, 2.05) is 0 Å². The largest absolute Gasteiger partial charge is 0.352 e. The Kier molecular flexibility index (Phi) is 5.42. The number of hydrogen-bond acceptors (Lipinski definition) is 2.